The Bertz CT molecular complexity index is 1100. The van der Waals surface area contributed by atoms with Crippen LogP contribution in [0.25, 0.3) is 10.2 Å². The predicted octanol–water partition coefficient (Wildman–Crippen LogP) is 3.51. The molecule has 0 aliphatic carbocycles. The maximum Gasteiger partial charge on any atom is 0.257 e. The molecule has 1 amide bonds. The van der Waals surface area contributed by atoms with E-state index in [0.29, 0.717) is 29.7 Å². The van der Waals surface area contributed by atoms with E-state index in [0.717, 1.165) is 55.1 Å². The third-order valence-corrected chi connectivity index (χ3v) is 6.95. The van der Waals surface area contributed by atoms with Crippen LogP contribution in [0, 0.1) is 0 Å². The van der Waals surface area contributed by atoms with E-state index >= 15 is 0 Å². The first kappa shape index (κ1) is 24.4. The topological polar surface area (TPSA) is 76.2 Å². The number of hydrogen-bond donors (Lipinski definition) is 1. The molecule has 3 aromatic rings. The number of aromatic nitrogens is 1. The van der Waals surface area contributed by atoms with Gasteiger partial charge in [0.1, 0.15) is 11.3 Å². The molecule has 1 aromatic heterocycles. The zero-order valence-corrected chi connectivity index (χ0v) is 20.8. The number of thiazole rings is 1. The van der Waals surface area contributed by atoms with Crippen molar-refractivity contribution in [3.63, 3.8) is 0 Å². The van der Waals surface area contributed by atoms with Crippen LogP contribution in [0.5, 0.6) is 5.75 Å². The molecule has 0 atom stereocenters. The van der Waals surface area contributed by atoms with Crippen LogP contribution in [0.4, 0.5) is 10.8 Å². The first-order valence-electron chi connectivity index (χ1n) is 11.5. The fourth-order valence-electron chi connectivity index (χ4n) is 3.91. The monoisotopic (exact) mass is 484 g/mol. The van der Waals surface area contributed by atoms with Crippen molar-refractivity contribution in [3.05, 3.63) is 47.5 Å². The summed E-state index contributed by atoms with van der Waals surface area (Å²) in [5, 5.41) is 3.53. The molecule has 0 bridgehead atoms. The van der Waals surface area contributed by atoms with E-state index < -0.39 is 0 Å². The molecule has 0 saturated carbocycles. The second kappa shape index (κ2) is 11.6. The van der Waals surface area contributed by atoms with Gasteiger partial charge in [0.15, 0.2) is 5.13 Å². The number of carbonyl (C=O) groups is 1. The molecule has 0 spiro atoms. The summed E-state index contributed by atoms with van der Waals surface area (Å²) in [6.45, 7) is 5.63. The lowest BCUT2D eigenvalue weighted by atomic mass is 10.1. The van der Waals surface area contributed by atoms with Crippen molar-refractivity contribution in [2.75, 3.05) is 77.5 Å². The fourth-order valence-corrected chi connectivity index (χ4v) is 4.93. The summed E-state index contributed by atoms with van der Waals surface area (Å²) in [6, 6.07) is 11.7. The SMILES string of the molecule is COCCN(C)CCc1ccc(C(=O)Nc2nc3c(OC)ccc(N4CCOCC4)c3s2)cc1. The number of hydrogen-bond acceptors (Lipinski definition) is 8. The molecule has 0 unspecified atom stereocenters. The molecule has 2 aromatic carbocycles. The van der Waals surface area contributed by atoms with Gasteiger partial charge in [0.2, 0.25) is 0 Å². The lowest BCUT2D eigenvalue weighted by Gasteiger charge is -2.29. The summed E-state index contributed by atoms with van der Waals surface area (Å²) in [4.78, 5) is 22.1. The molecular formula is C25H32N4O4S. The third-order valence-electron chi connectivity index (χ3n) is 5.95. The van der Waals surface area contributed by atoms with Gasteiger partial charge in [-0.25, -0.2) is 4.98 Å². The molecule has 1 fully saturated rings. The van der Waals surface area contributed by atoms with Crippen LogP contribution in [0.3, 0.4) is 0 Å². The van der Waals surface area contributed by atoms with Crippen molar-refractivity contribution in [1.29, 1.82) is 0 Å². The van der Waals surface area contributed by atoms with Gasteiger partial charge in [-0.3, -0.25) is 10.1 Å². The molecule has 2 heterocycles. The lowest BCUT2D eigenvalue weighted by molar-refractivity contribution is 0.102. The highest BCUT2D eigenvalue weighted by atomic mass is 32.1. The van der Waals surface area contributed by atoms with E-state index in [1.54, 1.807) is 14.2 Å². The molecular weight excluding hydrogens is 452 g/mol. The smallest absolute Gasteiger partial charge is 0.257 e. The number of fused-ring (bicyclic) bond motifs is 1. The maximum absolute atomic E-state index is 12.9. The van der Waals surface area contributed by atoms with Crippen molar-refractivity contribution in [2.45, 2.75) is 6.42 Å². The summed E-state index contributed by atoms with van der Waals surface area (Å²) >= 11 is 1.47. The number of ether oxygens (including phenoxy) is 3. The molecule has 1 aliphatic heterocycles. The number of anilines is 2. The molecule has 182 valence electrons. The van der Waals surface area contributed by atoms with Gasteiger partial charge in [-0.05, 0) is 43.3 Å². The van der Waals surface area contributed by atoms with E-state index in [2.05, 4.69) is 33.2 Å². The molecule has 1 aliphatic rings. The van der Waals surface area contributed by atoms with Gasteiger partial charge in [-0.1, -0.05) is 23.5 Å². The van der Waals surface area contributed by atoms with E-state index in [1.165, 1.54) is 16.9 Å². The van der Waals surface area contributed by atoms with Crippen LogP contribution in [-0.4, -0.2) is 83.1 Å². The van der Waals surface area contributed by atoms with Gasteiger partial charge in [0.25, 0.3) is 5.91 Å². The van der Waals surface area contributed by atoms with Crippen LogP contribution in [0.1, 0.15) is 15.9 Å². The highest BCUT2D eigenvalue weighted by Gasteiger charge is 2.20. The van der Waals surface area contributed by atoms with Crippen molar-refractivity contribution in [2.24, 2.45) is 0 Å². The van der Waals surface area contributed by atoms with Gasteiger partial charge in [-0.15, -0.1) is 0 Å². The number of rotatable bonds is 10. The predicted molar refractivity (Wildman–Crippen MR) is 137 cm³/mol. The molecule has 8 nitrogen and oxygen atoms in total. The van der Waals surface area contributed by atoms with E-state index in [-0.39, 0.29) is 5.91 Å². The minimum atomic E-state index is -0.172. The Morgan fingerprint density at radius 2 is 1.91 bits per heavy atom. The number of nitrogens with zero attached hydrogens (tertiary/aromatic N) is 3. The quantitative estimate of drug-likeness (QED) is 0.472. The fraction of sp³-hybridized carbons (Fsp3) is 0.440. The van der Waals surface area contributed by atoms with Crippen LogP contribution in [0.2, 0.25) is 0 Å². The largest absolute Gasteiger partial charge is 0.494 e. The molecule has 4 rings (SSSR count). The molecule has 1 N–H and O–H groups in total. The maximum atomic E-state index is 12.9. The first-order valence-corrected chi connectivity index (χ1v) is 12.3. The van der Waals surface area contributed by atoms with Crippen LogP contribution in [-0.2, 0) is 15.9 Å². The van der Waals surface area contributed by atoms with Crippen LogP contribution in [0.15, 0.2) is 36.4 Å². The highest BCUT2D eigenvalue weighted by molar-refractivity contribution is 7.23. The summed E-state index contributed by atoms with van der Waals surface area (Å²) in [5.41, 5.74) is 3.66. The Balaban J connectivity index is 1.45. The summed E-state index contributed by atoms with van der Waals surface area (Å²) in [5.74, 6) is 0.526. The number of methoxy groups -OCH3 is 2. The number of nitrogens with one attached hydrogen (secondary N) is 1. The van der Waals surface area contributed by atoms with E-state index in [1.807, 2.05) is 30.3 Å². The van der Waals surface area contributed by atoms with E-state index in [9.17, 15) is 4.79 Å². The van der Waals surface area contributed by atoms with Crippen LogP contribution < -0.4 is 15.0 Å². The Hall–Kier alpha value is -2.72. The van der Waals surface area contributed by atoms with E-state index in [4.69, 9.17) is 14.2 Å². The van der Waals surface area contributed by atoms with Crippen LogP contribution >= 0.6 is 11.3 Å². The molecule has 34 heavy (non-hydrogen) atoms. The number of carbonyl (C=O) groups excluding carboxylic acids is 1. The average molecular weight is 485 g/mol. The third kappa shape index (κ3) is 5.85. The Morgan fingerprint density at radius 1 is 1.15 bits per heavy atom. The minimum Gasteiger partial charge on any atom is -0.494 e. The second-order valence-electron chi connectivity index (χ2n) is 8.28. The minimum absolute atomic E-state index is 0.172. The van der Waals surface area contributed by atoms with Gasteiger partial charge in [0, 0.05) is 38.9 Å². The summed E-state index contributed by atoms with van der Waals surface area (Å²) in [7, 11) is 5.43. The normalized spacial score (nSPS) is 14.1. The Kier molecular flexibility index (Phi) is 8.34. The Morgan fingerprint density at radius 3 is 2.62 bits per heavy atom. The summed E-state index contributed by atoms with van der Waals surface area (Å²) < 4.78 is 17.1. The summed E-state index contributed by atoms with van der Waals surface area (Å²) in [6.07, 6.45) is 0.921. The number of likely N-dealkylation sites (N-methyl/N-ethyl adjacent to an activating group) is 1. The van der Waals surface area contributed by atoms with Crippen molar-refractivity contribution in [3.8, 4) is 5.75 Å². The Labute approximate surface area is 204 Å². The highest BCUT2D eigenvalue weighted by Crippen LogP contribution is 2.39. The molecule has 0 radical (unpaired) electrons. The number of amides is 1. The molecule has 9 heteroatoms. The van der Waals surface area contributed by atoms with Gasteiger partial charge in [0.05, 0.1) is 37.3 Å². The molecule has 1 saturated heterocycles. The lowest BCUT2D eigenvalue weighted by Crippen LogP contribution is -2.36. The van der Waals surface area contributed by atoms with Crippen molar-refractivity contribution < 1.29 is 19.0 Å². The van der Waals surface area contributed by atoms with Gasteiger partial charge in [-0.2, -0.15) is 0 Å². The standard InChI is InChI=1S/C25H32N4O4S/c1-28(12-15-31-2)11-10-18-4-6-19(7-5-18)24(30)27-25-26-22-21(32-3)9-8-20(23(22)34-25)29-13-16-33-17-14-29/h4-9H,10-17H2,1-3H3,(H,26,27,30). The number of morpholine rings is 1. The van der Waals surface area contributed by atoms with Crippen molar-refractivity contribution in [1.82, 2.24) is 9.88 Å². The van der Waals surface area contributed by atoms with Gasteiger partial charge < -0.3 is 24.0 Å². The van der Waals surface area contributed by atoms with Crippen molar-refractivity contribution >= 4 is 38.3 Å². The zero-order chi connectivity index (χ0) is 23.9. The average Bonchev–Trinajstić information content (AvgIpc) is 3.30. The second-order valence-corrected chi connectivity index (χ2v) is 9.28. The first-order chi connectivity index (χ1) is 16.6. The van der Waals surface area contributed by atoms with Gasteiger partial charge >= 0.3 is 0 Å². The zero-order valence-electron chi connectivity index (χ0n) is 20.0. The number of benzene rings is 2.